The van der Waals surface area contributed by atoms with Crippen LogP contribution in [0.4, 0.5) is 0 Å². The summed E-state index contributed by atoms with van der Waals surface area (Å²) in [5, 5.41) is 0. The summed E-state index contributed by atoms with van der Waals surface area (Å²) in [6, 6.07) is 3.67. The summed E-state index contributed by atoms with van der Waals surface area (Å²) in [5.41, 5.74) is 3.61. The number of piperidine rings is 1. The van der Waals surface area contributed by atoms with Gasteiger partial charge in [0.25, 0.3) is 5.91 Å². The minimum absolute atomic E-state index is 0.303. The number of nitrogen functional groups attached to an aromatic ring is 1. The zero-order valence-electron chi connectivity index (χ0n) is 11.4. The standard InChI is InChI=1S/C14H22N4O/c1-2-11-4-3-7-18(9-11)10-13-6-5-12(8-16-13)14(19)17-15/h5-6,8,11H,2-4,7,9-10,15H2,1H3,(H,17,19). The number of carbonyl (C=O) groups excluding carboxylic acids is 1. The van der Waals surface area contributed by atoms with Crippen molar-refractivity contribution < 1.29 is 4.79 Å². The van der Waals surface area contributed by atoms with Gasteiger partial charge >= 0.3 is 0 Å². The Morgan fingerprint density at radius 3 is 3.05 bits per heavy atom. The highest BCUT2D eigenvalue weighted by Crippen LogP contribution is 2.20. The number of nitrogens with two attached hydrogens (primary N) is 1. The molecule has 19 heavy (non-hydrogen) atoms. The highest BCUT2D eigenvalue weighted by Gasteiger charge is 2.18. The normalized spacial score (nSPS) is 20.2. The maximum absolute atomic E-state index is 11.3. The quantitative estimate of drug-likeness (QED) is 0.487. The van der Waals surface area contributed by atoms with Crippen molar-refractivity contribution in [1.82, 2.24) is 15.3 Å². The van der Waals surface area contributed by atoms with Crippen molar-refractivity contribution in [2.24, 2.45) is 11.8 Å². The van der Waals surface area contributed by atoms with Crippen LogP contribution >= 0.6 is 0 Å². The van der Waals surface area contributed by atoms with E-state index in [1.54, 1.807) is 12.3 Å². The molecule has 1 fully saturated rings. The number of nitrogens with zero attached hydrogens (tertiary/aromatic N) is 2. The van der Waals surface area contributed by atoms with Crippen LogP contribution in [0, 0.1) is 5.92 Å². The van der Waals surface area contributed by atoms with E-state index in [1.165, 1.54) is 19.3 Å². The second-order valence-corrected chi connectivity index (χ2v) is 5.16. The number of amides is 1. The molecule has 1 amide bonds. The van der Waals surface area contributed by atoms with Gasteiger partial charge in [-0.1, -0.05) is 13.3 Å². The Kier molecular flexibility index (Phi) is 4.87. The van der Waals surface area contributed by atoms with Crippen molar-refractivity contribution in [3.05, 3.63) is 29.6 Å². The van der Waals surface area contributed by atoms with Gasteiger partial charge in [0, 0.05) is 19.3 Å². The summed E-state index contributed by atoms with van der Waals surface area (Å²) in [6.07, 6.45) is 5.44. The first-order valence-corrected chi connectivity index (χ1v) is 6.91. The fraction of sp³-hybridized carbons (Fsp3) is 0.571. The maximum atomic E-state index is 11.3. The molecular weight excluding hydrogens is 240 g/mol. The Bertz CT molecular complexity index is 418. The molecule has 0 radical (unpaired) electrons. The van der Waals surface area contributed by atoms with Crippen molar-refractivity contribution in [1.29, 1.82) is 0 Å². The predicted octanol–water partition coefficient (Wildman–Crippen LogP) is 1.31. The molecule has 0 spiro atoms. The molecule has 3 N–H and O–H groups in total. The van der Waals surface area contributed by atoms with E-state index in [-0.39, 0.29) is 5.91 Å². The van der Waals surface area contributed by atoms with Gasteiger partial charge in [0.1, 0.15) is 0 Å². The summed E-state index contributed by atoms with van der Waals surface area (Å²) in [5.74, 6) is 5.60. The molecule has 1 aromatic rings. The molecule has 1 aliphatic heterocycles. The minimum Gasteiger partial charge on any atom is -0.297 e. The summed E-state index contributed by atoms with van der Waals surface area (Å²) in [7, 11) is 0. The summed E-state index contributed by atoms with van der Waals surface area (Å²) in [4.78, 5) is 18.1. The molecule has 1 saturated heterocycles. The molecule has 0 aliphatic carbocycles. The fourth-order valence-electron chi connectivity index (χ4n) is 2.59. The molecule has 5 nitrogen and oxygen atoms in total. The van der Waals surface area contributed by atoms with Crippen molar-refractivity contribution >= 4 is 5.91 Å². The lowest BCUT2D eigenvalue weighted by molar-refractivity contribution is 0.0953. The van der Waals surface area contributed by atoms with Crippen LogP contribution in [-0.2, 0) is 6.54 Å². The zero-order valence-corrected chi connectivity index (χ0v) is 11.4. The van der Waals surface area contributed by atoms with Gasteiger partial charge in [-0.05, 0) is 37.4 Å². The number of pyridine rings is 1. The Balaban J connectivity index is 1.94. The third-order valence-electron chi connectivity index (χ3n) is 3.78. The predicted molar refractivity (Wildman–Crippen MR) is 74.2 cm³/mol. The summed E-state index contributed by atoms with van der Waals surface area (Å²) >= 11 is 0. The van der Waals surface area contributed by atoms with E-state index in [4.69, 9.17) is 5.84 Å². The molecule has 0 saturated carbocycles. The van der Waals surface area contributed by atoms with Crippen LogP contribution in [0.15, 0.2) is 18.3 Å². The van der Waals surface area contributed by atoms with E-state index in [9.17, 15) is 4.79 Å². The minimum atomic E-state index is -0.303. The Morgan fingerprint density at radius 1 is 1.58 bits per heavy atom. The van der Waals surface area contributed by atoms with Gasteiger partial charge in [-0.25, -0.2) is 5.84 Å². The molecule has 0 aromatic carbocycles. The molecule has 2 heterocycles. The molecule has 0 bridgehead atoms. The van der Waals surface area contributed by atoms with Crippen LogP contribution in [0.5, 0.6) is 0 Å². The number of likely N-dealkylation sites (tertiary alicyclic amines) is 1. The van der Waals surface area contributed by atoms with Crippen LogP contribution in [0.1, 0.15) is 42.2 Å². The van der Waals surface area contributed by atoms with Crippen molar-refractivity contribution in [2.45, 2.75) is 32.7 Å². The first-order valence-electron chi connectivity index (χ1n) is 6.91. The van der Waals surface area contributed by atoms with Gasteiger partial charge in [-0.2, -0.15) is 0 Å². The van der Waals surface area contributed by atoms with E-state index >= 15 is 0 Å². The first kappa shape index (κ1) is 14.0. The van der Waals surface area contributed by atoms with E-state index in [1.807, 2.05) is 6.07 Å². The van der Waals surface area contributed by atoms with Gasteiger partial charge in [-0.15, -0.1) is 0 Å². The zero-order chi connectivity index (χ0) is 13.7. The van der Waals surface area contributed by atoms with Gasteiger partial charge in [-0.3, -0.25) is 20.1 Å². The topological polar surface area (TPSA) is 71.2 Å². The lowest BCUT2D eigenvalue weighted by atomic mass is 9.95. The molecule has 5 heteroatoms. The highest BCUT2D eigenvalue weighted by atomic mass is 16.2. The molecule has 1 atom stereocenters. The number of hydrazine groups is 1. The lowest BCUT2D eigenvalue weighted by Gasteiger charge is -2.31. The number of hydrogen-bond donors (Lipinski definition) is 2. The van der Waals surface area contributed by atoms with Gasteiger partial charge in [0.05, 0.1) is 11.3 Å². The summed E-state index contributed by atoms with van der Waals surface area (Å²) in [6.45, 7) is 5.42. The first-order chi connectivity index (χ1) is 9.22. The van der Waals surface area contributed by atoms with E-state index < -0.39 is 0 Å². The van der Waals surface area contributed by atoms with Crippen LogP contribution in [0.25, 0.3) is 0 Å². The Labute approximate surface area is 114 Å². The third-order valence-corrected chi connectivity index (χ3v) is 3.78. The lowest BCUT2D eigenvalue weighted by Crippen LogP contribution is -2.35. The molecule has 1 aliphatic rings. The monoisotopic (exact) mass is 262 g/mol. The van der Waals surface area contributed by atoms with E-state index in [0.29, 0.717) is 5.56 Å². The van der Waals surface area contributed by atoms with Gasteiger partial charge < -0.3 is 0 Å². The maximum Gasteiger partial charge on any atom is 0.266 e. The second-order valence-electron chi connectivity index (χ2n) is 5.16. The Morgan fingerprint density at radius 2 is 2.42 bits per heavy atom. The smallest absolute Gasteiger partial charge is 0.266 e. The van der Waals surface area contributed by atoms with E-state index in [2.05, 4.69) is 22.2 Å². The molecule has 2 rings (SSSR count). The van der Waals surface area contributed by atoms with E-state index in [0.717, 1.165) is 31.2 Å². The third kappa shape index (κ3) is 3.75. The largest absolute Gasteiger partial charge is 0.297 e. The number of hydrogen-bond acceptors (Lipinski definition) is 4. The summed E-state index contributed by atoms with van der Waals surface area (Å²) < 4.78 is 0. The SMILES string of the molecule is CCC1CCCN(Cc2ccc(C(=O)NN)cn2)C1. The highest BCUT2D eigenvalue weighted by molar-refractivity contribution is 5.93. The number of carbonyl (C=O) groups is 1. The number of rotatable bonds is 4. The van der Waals surface area contributed by atoms with Crippen molar-refractivity contribution in [3.63, 3.8) is 0 Å². The molecular formula is C14H22N4O. The molecule has 1 aromatic heterocycles. The van der Waals surface area contributed by atoms with Crippen LogP contribution < -0.4 is 11.3 Å². The van der Waals surface area contributed by atoms with Gasteiger partial charge in [0.15, 0.2) is 0 Å². The molecule has 104 valence electrons. The van der Waals surface area contributed by atoms with Crippen LogP contribution in [0.3, 0.4) is 0 Å². The molecule has 1 unspecified atom stereocenters. The Hall–Kier alpha value is -1.46. The van der Waals surface area contributed by atoms with Gasteiger partial charge in [0.2, 0.25) is 0 Å². The number of nitrogens with one attached hydrogen (secondary N) is 1. The van der Waals surface area contributed by atoms with Crippen molar-refractivity contribution in [3.8, 4) is 0 Å². The fourth-order valence-corrected chi connectivity index (χ4v) is 2.59. The van der Waals surface area contributed by atoms with Crippen LogP contribution in [0.2, 0.25) is 0 Å². The van der Waals surface area contributed by atoms with Crippen molar-refractivity contribution in [2.75, 3.05) is 13.1 Å². The average Bonchev–Trinajstić information content (AvgIpc) is 2.47. The number of aromatic nitrogens is 1. The average molecular weight is 262 g/mol. The van der Waals surface area contributed by atoms with Crippen LogP contribution in [-0.4, -0.2) is 28.9 Å². The second kappa shape index (κ2) is 6.63.